The zero-order valence-electron chi connectivity index (χ0n) is 12.9. The molecule has 1 fully saturated rings. The van der Waals surface area contributed by atoms with Crippen LogP contribution < -0.4 is 0 Å². The Morgan fingerprint density at radius 2 is 2.17 bits per heavy atom. The Balaban J connectivity index is 1.62. The Morgan fingerprint density at radius 3 is 2.91 bits per heavy atom. The smallest absolute Gasteiger partial charge is 0.256 e. The molecule has 3 rings (SSSR count). The Labute approximate surface area is 134 Å². The Morgan fingerprint density at radius 1 is 1.39 bits per heavy atom. The van der Waals surface area contributed by atoms with Crippen LogP contribution in [0, 0.1) is 5.82 Å². The van der Waals surface area contributed by atoms with Crippen LogP contribution in [-0.2, 0) is 6.54 Å². The lowest BCUT2D eigenvalue weighted by Crippen LogP contribution is -2.36. The monoisotopic (exact) mass is 315 g/mol. The van der Waals surface area contributed by atoms with E-state index in [4.69, 9.17) is 0 Å². The third-order valence-corrected chi connectivity index (χ3v) is 4.09. The second kappa shape index (κ2) is 6.78. The van der Waals surface area contributed by atoms with Crippen LogP contribution in [0.15, 0.2) is 36.9 Å². The van der Waals surface area contributed by atoms with Gasteiger partial charge in [-0.15, -0.1) is 0 Å². The van der Waals surface area contributed by atoms with E-state index in [0.717, 1.165) is 18.4 Å². The van der Waals surface area contributed by atoms with Crippen LogP contribution in [0.5, 0.6) is 0 Å². The SMILES string of the molecule is CN(Cc1ncccn1)[C@@H]1CCN(C(=O)c2ccncc2F)C1. The largest absolute Gasteiger partial charge is 0.337 e. The Hall–Kier alpha value is -2.41. The number of hydrogen-bond donors (Lipinski definition) is 0. The lowest BCUT2D eigenvalue weighted by Gasteiger charge is -2.24. The quantitative estimate of drug-likeness (QED) is 0.852. The zero-order chi connectivity index (χ0) is 16.2. The van der Waals surface area contributed by atoms with Crippen molar-refractivity contribution in [2.45, 2.75) is 19.0 Å². The molecule has 0 aromatic carbocycles. The number of aromatic nitrogens is 3. The highest BCUT2D eigenvalue weighted by molar-refractivity contribution is 5.94. The van der Waals surface area contributed by atoms with Crippen molar-refractivity contribution in [1.29, 1.82) is 0 Å². The second-order valence-corrected chi connectivity index (χ2v) is 5.63. The standard InChI is InChI=1S/C16H18FN5O/c1-21(11-15-19-5-2-6-20-15)12-4-8-22(10-12)16(23)13-3-7-18-9-14(13)17/h2-3,5-7,9,12H,4,8,10-11H2,1H3/t12-/m1/s1. The molecule has 1 atom stereocenters. The van der Waals surface area contributed by atoms with Gasteiger partial charge in [0.1, 0.15) is 5.82 Å². The molecule has 0 bridgehead atoms. The van der Waals surface area contributed by atoms with E-state index in [2.05, 4.69) is 19.9 Å². The van der Waals surface area contributed by atoms with Crippen molar-refractivity contribution < 1.29 is 9.18 Å². The normalized spacial score (nSPS) is 17.7. The number of likely N-dealkylation sites (tertiary alicyclic amines) is 1. The molecule has 0 radical (unpaired) electrons. The number of amides is 1. The molecule has 0 N–H and O–H groups in total. The summed E-state index contributed by atoms with van der Waals surface area (Å²) < 4.78 is 13.7. The van der Waals surface area contributed by atoms with Crippen LogP contribution >= 0.6 is 0 Å². The number of likely N-dealkylation sites (N-methyl/N-ethyl adjacent to an activating group) is 1. The third-order valence-electron chi connectivity index (χ3n) is 4.09. The fraction of sp³-hybridized carbons (Fsp3) is 0.375. The van der Waals surface area contributed by atoms with E-state index in [0.29, 0.717) is 19.6 Å². The highest BCUT2D eigenvalue weighted by Gasteiger charge is 2.30. The summed E-state index contributed by atoms with van der Waals surface area (Å²) in [6.45, 7) is 1.81. The molecule has 1 aliphatic heterocycles. The van der Waals surface area contributed by atoms with Crippen molar-refractivity contribution in [3.05, 3.63) is 54.1 Å². The zero-order valence-corrected chi connectivity index (χ0v) is 12.9. The molecule has 120 valence electrons. The van der Waals surface area contributed by atoms with E-state index in [1.807, 2.05) is 7.05 Å². The molecule has 7 heteroatoms. The highest BCUT2D eigenvalue weighted by Crippen LogP contribution is 2.19. The number of carbonyl (C=O) groups is 1. The maximum Gasteiger partial charge on any atom is 0.256 e. The molecule has 2 aromatic heterocycles. The predicted molar refractivity (Wildman–Crippen MR) is 82.0 cm³/mol. The van der Waals surface area contributed by atoms with Crippen LogP contribution in [-0.4, -0.2) is 56.8 Å². The van der Waals surface area contributed by atoms with Gasteiger partial charge in [0.05, 0.1) is 18.3 Å². The minimum atomic E-state index is -0.577. The number of carbonyl (C=O) groups excluding carboxylic acids is 1. The summed E-state index contributed by atoms with van der Waals surface area (Å²) >= 11 is 0. The predicted octanol–water partition coefficient (Wildman–Crippen LogP) is 1.36. The fourth-order valence-corrected chi connectivity index (χ4v) is 2.77. The first-order valence-electron chi connectivity index (χ1n) is 7.50. The van der Waals surface area contributed by atoms with Gasteiger partial charge in [0.2, 0.25) is 0 Å². The summed E-state index contributed by atoms with van der Waals surface area (Å²) in [5.41, 5.74) is 0.0784. The van der Waals surface area contributed by atoms with Gasteiger partial charge < -0.3 is 4.90 Å². The molecule has 0 saturated carbocycles. The molecule has 0 spiro atoms. The summed E-state index contributed by atoms with van der Waals surface area (Å²) in [6, 6.07) is 3.42. The molecule has 1 saturated heterocycles. The van der Waals surface area contributed by atoms with Gasteiger partial charge in [0, 0.05) is 37.7 Å². The van der Waals surface area contributed by atoms with Crippen molar-refractivity contribution in [1.82, 2.24) is 24.8 Å². The first-order chi connectivity index (χ1) is 11.1. The van der Waals surface area contributed by atoms with Crippen molar-refractivity contribution in [3.8, 4) is 0 Å². The molecule has 1 amide bonds. The minimum Gasteiger partial charge on any atom is -0.337 e. The van der Waals surface area contributed by atoms with Gasteiger partial charge in [-0.3, -0.25) is 14.7 Å². The number of halogens is 1. The van der Waals surface area contributed by atoms with E-state index >= 15 is 0 Å². The maximum atomic E-state index is 13.7. The summed E-state index contributed by atoms with van der Waals surface area (Å²) in [5, 5.41) is 0. The van der Waals surface area contributed by atoms with Gasteiger partial charge in [0.25, 0.3) is 5.91 Å². The van der Waals surface area contributed by atoms with Crippen molar-refractivity contribution >= 4 is 5.91 Å². The van der Waals surface area contributed by atoms with E-state index in [1.54, 1.807) is 23.4 Å². The van der Waals surface area contributed by atoms with Gasteiger partial charge >= 0.3 is 0 Å². The molecular weight excluding hydrogens is 297 g/mol. The molecule has 0 aliphatic carbocycles. The van der Waals surface area contributed by atoms with Gasteiger partial charge in [-0.2, -0.15) is 0 Å². The van der Waals surface area contributed by atoms with Crippen LogP contribution in [0.1, 0.15) is 22.6 Å². The molecule has 2 aromatic rings. The summed E-state index contributed by atoms with van der Waals surface area (Å²) in [6.07, 6.45) is 6.78. The summed E-state index contributed by atoms with van der Waals surface area (Å²) in [5.74, 6) is -0.108. The average Bonchev–Trinajstić information content (AvgIpc) is 3.06. The van der Waals surface area contributed by atoms with Crippen molar-refractivity contribution in [3.63, 3.8) is 0 Å². The van der Waals surface area contributed by atoms with E-state index < -0.39 is 5.82 Å². The van der Waals surface area contributed by atoms with E-state index in [-0.39, 0.29) is 17.5 Å². The number of rotatable bonds is 4. The number of nitrogens with zero attached hydrogens (tertiary/aromatic N) is 5. The molecule has 3 heterocycles. The Bertz CT molecular complexity index is 681. The van der Waals surface area contributed by atoms with E-state index in [1.165, 1.54) is 12.3 Å². The topological polar surface area (TPSA) is 62.2 Å². The van der Waals surface area contributed by atoms with Crippen molar-refractivity contribution in [2.75, 3.05) is 20.1 Å². The van der Waals surface area contributed by atoms with Gasteiger partial charge in [-0.25, -0.2) is 14.4 Å². The lowest BCUT2D eigenvalue weighted by atomic mass is 10.2. The summed E-state index contributed by atoms with van der Waals surface area (Å²) in [4.78, 5) is 28.3. The van der Waals surface area contributed by atoms with E-state index in [9.17, 15) is 9.18 Å². The van der Waals surface area contributed by atoms with Crippen LogP contribution in [0.3, 0.4) is 0 Å². The molecule has 0 unspecified atom stereocenters. The number of hydrogen-bond acceptors (Lipinski definition) is 5. The second-order valence-electron chi connectivity index (χ2n) is 5.63. The van der Waals surface area contributed by atoms with Crippen LogP contribution in [0.2, 0.25) is 0 Å². The van der Waals surface area contributed by atoms with Gasteiger partial charge in [-0.1, -0.05) is 0 Å². The van der Waals surface area contributed by atoms with Crippen molar-refractivity contribution in [2.24, 2.45) is 0 Å². The van der Waals surface area contributed by atoms with Gasteiger partial charge in [0.15, 0.2) is 5.82 Å². The fourth-order valence-electron chi connectivity index (χ4n) is 2.77. The minimum absolute atomic E-state index is 0.0784. The lowest BCUT2D eigenvalue weighted by molar-refractivity contribution is 0.0774. The molecule has 6 nitrogen and oxygen atoms in total. The maximum absolute atomic E-state index is 13.7. The first kappa shape index (κ1) is 15.5. The number of pyridine rings is 1. The van der Waals surface area contributed by atoms with Gasteiger partial charge in [-0.05, 0) is 25.6 Å². The third kappa shape index (κ3) is 3.50. The molecule has 23 heavy (non-hydrogen) atoms. The highest BCUT2D eigenvalue weighted by atomic mass is 19.1. The molecular formula is C16H18FN5O. The van der Waals surface area contributed by atoms with Crippen LogP contribution in [0.25, 0.3) is 0 Å². The summed E-state index contributed by atoms with van der Waals surface area (Å²) in [7, 11) is 1.99. The first-order valence-corrected chi connectivity index (χ1v) is 7.50. The van der Waals surface area contributed by atoms with Crippen LogP contribution in [0.4, 0.5) is 4.39 Å². The molecule has 1 aliphatic rings. The average molecular weight is 315 g/mol. The Kier molecular flexibility index (Phi) is 4.57.